The van der Waals surface area contributed by atoms with E-state index in [1.165, 1.54) is 12.1 Å². The van der Waals surface area contributed by atoms with Gasteiger partial charge in [0.1, 0.15) is 0 Å². The number of nitrogens with one attached hydrogen (secondary N) is 1. The second kappa shape index (κ2) is 9.54. The lowest BCUT2D eigenvalue weighted by Gasteiger charge is -2.18. The summed E-state index contributed by atoms with van der Waals surface area (Å²) in [6, 6.07) is 18.9. The minimum atomic E-state index is -4.03. The van der Waals surface area contributed by atoms with Gasteiger partial charge in [-0.2, -0.15) is 0 Å². The molecule has 0 bridgehead atoms. The van der Waals surface area contributed by atoms with Crippen molar-refractivity contribution in [3.63, 3.8) is 0 Å². The Kier molecular flexibility index (Phi) is 6.55. The van der Waals surface area contributed by atoms with Crippen LogP contribution in [0.5, 0.6) is 11.5 Å². The summed E-state index contributed by atoms with van der Waals surface area (Å²) in [5, 5.41) is 0. The number of hydrogen-bond donors (Lipinski definition) is 2. The fourth-order valence-corrected chi connectivity index (χ4v) is 4.79. The lowest BCUT2D eigenvalue weighted by molar-refractivity contribution is -0.120. The SMILES string of the molecule is CCCc1ccc(S(=O)(=O)NC(=O)C(Cc2ccc(N)cc2)c2ccc3c(c2)OCO3)cc1. The highest BCUT2D eigenvalue weighted by Gasteiger charge is 2.28. The van der Waals surface area contributed by atoms with Crippen LogP contribution < -0.4 is 19.9 Å². The van der Waals surface area contributed by atoms with E-state index in [2.05, 4.69) is 11.6 Å². The third-order valence-corrected chi connectivity index (χ3v) is 6.90. The van der Waals surface area contributed by atoms with Gasteiger partial charge in [0.05, 0.1) is 10.8 Å². The molecule has 33 heavy (non-hydrogen) atoms. The third-order valence-electron chi connectivity index (χ3n) is 5.54. The fraction of sp³-hybridized carbons (Fsp3) is 0.240. The zero-order chi connectivity index (χ0) is 23.4. The van der Waals surface area contributed by atoms with Crippen molar-refractivity contribution in [3.8, 4) is 11.5 Å². The van der Waals surface area contributed by atoms with Crippen LogP contribution in [0.2, 0.25) is 0 Å². The Morgan fingerprint density at radius 1 is 0.970 bits per heavy atom. The number of hydrogen-bond acceptors (Lipinski definition) is 6. The van der Waals surface area contributed by atoms with Gasteiger partial charge in [-0.3, -0.25) is 4.79 Å². The fourth-order valence-electron chi connectivity index (χ4n) is 3.77. The van der Waals surface area contributed by atoms with Crippen molar-refractivity contribution in [1.29, 1.82) is 0 Å². The smallest absolute Gasteiger partial charge is 0.264 e. The van der Waals surface area contributed by atoms with E-state index in [1.54, 1.807) is 42.5 Å². The first-order valence-corrected chi connectivity index (χ1v) is 12.2. The van der Waals surface area contributed by atoms with Gasteiger partial charge in [0.15, 0.2) is 11.5 Å². The van der Waals surface area contributed by atoms with Crippen molar-refractivity contribution in [3.05, 3.63) is 83.4 Å². The highest BCUT2D eigenvalue weighted by atomic mass is 32.2. The van der Waals surface area contributed by atoms with E-state index in [-0.39, 0.29) is 18.1 Å². The van der Waals surface area contributed by atoms with Crippen LogP contribution in [0.15, 0.2) is 71.6 Å². The van der Waals surface area contributed by atoms with Crippen LogP contribution >= 0.6 is 0 Å². The van der Waals surface area contributed by atoms with Gasteiger partial charge in [0, 0.05) is 5.69 Å². The number of carbonyl (C=O) groups excluding carboxylic acids is 1. The molecule has 1 aliphatic rings. The number of rotatable bonds is 8. The maximum atomic E-state index is 13.3. The van der Waals surface area contributed by atoms with E-state index in [1.807, 2.05) is 12.1 Å². The first-order valence-electron chi connectivity index (χ1n) is 10.8. The molecule has 1 unspecified atom stereocenters. The number of sulfonamides is 1. The molecule has 1 aliphatic heterocycles. The lowest BCUT2D eigenvalue weighted by Crippen LogP contribution is -2.35. The molecule has 0 radical (unpaired) electrons. The average molecular weight is 467 g/mol. The monoisotopic (exact) mass is 466 g/mol. The van der Waals surface area contributed by atoms with E-state index in [4.69, 9.17) is 15.2 Å². The van der Waals surface area contributed by atoms with Crippen LogP contribution in [0.3, 0.4) is 0 Å². The molecule has 0 spiro atoms. The summed E-state index contributed by atoms with van der Waals surface area (Å²) in [6.07, 6.45) is 2.11. The van der Waals surface area contributed by atoms with E-state index in [0.717, 1.165) is 24.0 Å². The molecule has 4 rings (SSSR count). The number of ether oxygens (including phenoxy) is 2. The van der Waals surface area contributed by atoms with Crippen molar-refractivity contribution < 1.29 is 22.7 Å². The number of anilines is 1. The summed E-state index contributed by atoms with van der Waals surface area (Å²) >= 11 is 0. The first kappa shape index (κ1) is 22.7. The first-order chi connectivity index (χ1) is 15.9. The number of benzene rings is 3. The van der Waals surface area contributed by atoms with Gasteiger partial charge in [0.2, 0.25) is 12.7 Å². The molecule has 1 atom stereocenters. The Hall–Kier alpha value is -3.52. The molecule has 0 fully saturated rings. The normalized spacial score (nSPS) is 13.5. The molecule has 1 heterocycles. The molecule has 0 aromatic heterocycles. The molecule has 0 saturated carbocycles. The standard InChI is InChI=1S/C25H26N2O5S/c1-2-3-17-6-11-21(12-7-17)33(29,30)27-25(28)22(14-18-4-9-20(26)10-5-18)19-8-13-23-24(15-19)32-16-31-23/h4-13,15,22H,2-3,14,16,26H2,1H3,(H,27,28). The summed E-state index contributed by atoms with van der Waals surface area (Å²) in [7, 11) is -4.03. The average Bonchev–Trinajstić information content (AvgIpc) is 3.27. The van der Waals surface area contributed by atoms with Crippen LogP contribution in [0.25, 0.3) is 0 Å². The molecule has 3 N–H and O–H groups in total. The maximum absolute atomic E-state index is 13.3. The third kappa shape index (κ3) is 5.28. The van der Waals surface area contributed by atoms with Gasteiger partial charge in [0.25, 0.3) is 10.0 Å². The summed E-state index contributed by atoms with van der Waals surface area (Å²) in [4.78, 5) is 13.3. The van der Waals surface area contributed by atoms with Crippen molar-refractivity contribution in [2.75, 3.05) is 12.5 Å². The zero-order valence-corrected chi connectivity index (χ0v) is 19.1. The van der Waals surface area contributed by atoms with E-state index >= 15 is 0 Å². The molecule has 1 amide bonds. The largest absolute Gasteiger partial charge is 0.454 e. The van der Waals surface area contributed by atoms with Crippen molar-refractivity contribution >= 4 is 21.6 Å². The van der Waals surface area contributed by atoms with E-state index < -0.39 is 21.8 Å². The summed E-state index contributed by atoms with van der Waals surface area (Å²) in [5.74, 6) is -0.275. The summed E-state index contributed by atoms with van der Waals surface area (Å²) in [5.41, 5.74) is 8.91. The maximum Gasteiger partial charge on any atom is 0.264 e. The Morgan fingerprint density at radius 2 is 1.64 bits per heavy atom. The number of aryl methyl sites for hydroxylation is 1. The van der Waals surface area contributed by atoms with Crippen molar-refractivity contribution in [2.45, 2.75) is 37.0 Å². The van der Waals surface area contributed by atoms with E-state index in [0.29, 0.717) is 22.7 Å². The number of amides is 1. The Bertz CT molecular complexity index is 1240. The second-order valence-corrected chi connectivity index (χ2v) is 9.66. The van der Waals surface area contributed by atoms with Gasteiger partial charge < -0.3 is 15.2 Å². The second-order valence-electron chi connectivity index (χ2n) is 7.97. The lowest BCUT2D eigenvalue weighted by atomic mass is 9.91. The van der Waals surface area contributed by atoms with Crippen molar-refractivity contribution in [1.82, 2.24) is 4.72 Å². The number of fused-ring (bicyclic) bond motifs is 1. The Labute approximate surface area is 193 Å². The molecule has 7 nitrogen and oxygen atoms in total. The molecular formula is C25H26N2O5S. The topological polar surface area (TPSA) is 108 Å². The predicted molar refractivity (Wildman–Crippen MR) is 126 cm³/mol. The van der Waals surface area contributed by atoms with Crippen LogP contribution in [-0.4, -0.2) is 21.1 Å². The number of nitrogens with two attached hydrogens (primary N) is 1. The van der Waals surface area contributed by atoms with Gasteiger partial charge >= 0.3 is 0 Å². The molecule has 3 aromatic rings. The highest BCUT2D eigenvalue weighted by molar-refractivity contribution is 7.90. The Balaban J connectivity index is 1.61. The zero-order valence-electron chi connectivity index (χ0n) is 18.3. The number of carbonyl (C=O) groups is 1. The molecular weight excluding hydrogens is 440 g/mol. The molecule has 8 heteroatoms. The minimum Gasteiger partial charge on any atom is -0.454 e. The molecule has 3 aromatic carbocycles. The molecule has 172 valence electrons. The van der Waals surface area contributed by atoms with Gasteiger partial charge in [-0.15, -0.1) is 0 Å². The van der Waals surface area contributed by atoms with Crippen molar-refractivity contribution in [2.24, 2.45) is 0 Å². The Morgan fingerprint density at radius 3 is 2.33 bits per heavy atom. The van der Waals surface area contributed by atoms with Crippen LogP contribution in [-0.2, 0) is 27.7 Å². The predicted octanol–water partition coefficient (Wildman–Crippen LogP) is 3.78. The van der Waals surface area contributed by atoms with E-state index in [9.17, 15) is 13.2 Å². The van der Waals surface area contributed by atoms with Gasteiger partial charge in [-0.05, 0) is 65.9 Å². The van der Waals surface area contributed by atoms with Gasteiger partial charge in [-0.25, -0.2) is 13.1 Å². The summed E-state index contributed by atoms with van der Waals surface area (Å²) < 4.78 is 38.9. The quantitative estimate of drug-likeness (QED) is 0.489. The van der Waals surface area contributed by atoms with Crippen LogP contribution in [0.1, 0.15) is 36.0 Å². The van der Waals surface area contributed by atoms with Crippen LogP contribution in [0, 0.1) is 0 Å². The van der Waals surface area contributed by atoms with Gasteiger partial charge in [-0.1, -0.05) is 43.7 Å². The highest BCUT2D eigenvalue weighted by Crippen LogP contribution is 2.35. The summed E-state index contributed by atoms with van der Waals surface area (Å²) in [6.45, 7) is 2.16. The van der Waals surface area contributed by atoms with Crippen LogP contribution in [0.4, 0.5) is 5.69 Å². The molecule has 0 saturated heterocycles. The minimum absolute atomic E-state index is 0.0487. The molecule has 0 aliphatic carbocycles. The number of nitrogen functional groups attached to an aromatic ring is 1.